The van der Waals surface area contributed by atoms with Gasteiger partial charge in [-0.05, 0) is 55.0 Å². The second kappa shape index (κ2) is 10.6. The number of carboxylic acid groups (broad SMARTS) is 1. The zero-order valence-electron chi connectivity index (χ0n) is 18.7. The number of carbonyl (C=O) groups excluding carboxylic acids is 2. The van der Waals surface area contributed by atoms with E-state index in [0.717, 1.165) is 23.8 Å². The number of anilines is 2. The standard InChI is InChI=1S/C26H18F3N3O4/c1-15-8-10-17(11-9-15)23(33)31-19-5-2-4-16(13-19)12-18(14-30)24(34)32-21-7-3-6-20(26(27,28)29)22(21)25(35)36/h2-13H,1H3,(H,31,33)(H,32,34)(H,35,36)/b18-12+. The highest BCUT2D eigenvalue weighted by Crippen LogP contribution is 2.35. The molecule has 36 heavy (non-hydrogen) atoms. The molecule has 0 aliphatic carbocycles. The minimum absolute atomic E-state index is 0.339. The molecule has 3 rings (SSSR count). The van der Waals surface area contributed by atoms with Crippen LogP contribution >= 0.6 is 0 Å². The molecule has 0 spiro atoms. The van der Waals surface area contributed by atoms with E-state index in [2.05, 4.69) is 10.6 Å². The molecule has 0 aromatic heterocycles. The summed E-state index contributed by atoms with van der Waals surface area (Å²) in [7, 11) is 0. The molecule has 3 aromatic carbocycles. The van der Waals surface area contributed by atoms with Crippen molar-refractivity contribution < 1.29 is 32.7 Å². The van der Waals surface area contributed by atoms with Crippen LogP contribution < -0.4 is 10.6 Å². The van der Waals surface area contributed by atoms with Gasteiger partial charge in [-0.1, -0.05) is 35.9 Å². The van der Waals surface area contributed by atoms with E-state index in [1.165, 1.54) is 6.07 Å². The van der Waals surface area contributed by atoms with Crippen molar-refractivity contribution in [2.75, 3.05) is 10.6 Å². The van der Waals surface area contributed by atoms with Crippen molar-refractivity contribution in [3.05, 3.63) is 100 Å². The van der Waals surface area contributed by atoms with Gasteiger partial charge in [0.15, 0.2) is 0 Å². The molecule has 0 saturated carbocycles. The molecule has 7 nitrogen and oxygen atoms in total. The van der Waals surface area contributed by atoms with Crippen LogP contribution in [0.2, 0.25) is 0 Å². The minimum Gasteiger partial charge on any atom is -0.478 e. The molecule has 0 aliphatic rings. The Morgan fingerprint density at radius 3 is 2.25 bits per heavy atom. The van der Waals surface area contributed by atoms with Crippen molar-refractivity contribution in [1.82, 2.24) is 0 Å². The summed E-state index contributed by atoms with van der Waals surface area (Å²) in [4.78, 5) is 36.5. The number of nitriles is 1. The number of rotatable bonds is 6. The first kappa shape index (κ1) is 25.7. The number of amides is 2. The van der Waals surface area contributed by atoms with E-state index in [0.29, 0.717) is 22.9 Å². The minimum atomic E-state index is -4.97. The number of nitrogens with zero attached hydrogens (tertiary/aromatic N) is 1. The van der Waals surface area contributed by atoms with Crippen molar-refractivity contribution in [3.63, 3.8) is 0 Å². The SMILES string of the molecule is Cc1ccc(C(=O)Nc2cccc(/C=C(\C#N)C(=O)Nc3cccc(C(F)(F)F)c3C(=O)O)c2)cc1. The molecule has 182 valence electrons. The summed E-state index contributed by atoms with van der Waals surface area (Å²) in [6.07, 6.45) is -3.81. The summed E-state index contributed by atoms with van der Waals surface area (Å²) in [5.41, 5.74) is -1.56. The molecule has 0 aliphatic heterocycles. The lowest BCUT2D eigenvalue weighted by Crippen LogP contribution is -2.19. The van der Waals surface area contributed by atoms with Gasteiger partial charge in [-0.3, -0.25) is 9.59 Å². The quantitative estimate of drug-likeness (QED) is 0.309. The van der Waals surface area contributed by atoms with Crippen LogP contribution in [-0.4, -0.2) is 22.9 Å². The predicted octanol–water partition coefficient (Wildman–Crippen LogP) is 5.51. The third-order valence-electron chi connectivity index (χ3n) is 4.97. The number of benzene rings is 3. The maximum absolute atomic E-state index is 13.2. The second-order valence-electron chi connectivity index (χ2n) is 7.60. The van der Waals surface area contributed by atoms with Gasteiger partial charge >= 0.3 is 12.1 Å². The Bertz CT molecular complexity index is 1410. The van der Waals surface area contributed by atoms with Gasteiger partial charge in [0.1, 0.15) is 11.6 Å². The average molecular weight is 493 g/mol. The van der Waals surface area contributed by atoms with Gasteiger partial charge in [0.25, 0.3) is 11.8 Å². The highest BCUT2D eigenvalue weighted by Gasteiger charge is 2.36. The normalized spacial score (nSPS) is 11.4. The Balaban J connectivity index is 1.85. The monoisotopic (exact) mass is 493 g/mol. The van der Waals surface area contributed by atoms with Crippen LogP contribution in [0.4, 0.5) is 24.5 Å². The largest absolute Gasteiger partial charge is 0.478 e. The summed E-state index contributed by atoms with van der Waals surface area (Å²) >= 11 is 0. The number of carbonyl (C=O) groups is 3. The van der Waals surface area contributed by atoms with Crippen molar-refractivity contribution in [2.24, 2.45) is 0 Å². The Kier molecular flexibility index (Phi) is 7.55. The van der Waals surface area contributed by atoms with E-state index in [4.69, 9.17) is 0 Å². The van der Waals surface area contributed by atoms with Gasteiger partial charge in [0.05, 0.1) is 16.8 Å². The van der Waals surface area contributed by atoms with E-state index in [9.17, 15) is 37.9 Å². The molecule has 0 atom stereocenters. The Labute approximate surface area is 203 Å². The first-order valence-corrected chi connectivity index (χ1v) is 10.3. The summed E-state index contributed by atoms with van der Waals surface area (Å²) < 4.78 is 39.7. The van der Waals surface area contributed by atoms with Gasteiger partial charge in [-0.2, -0.15) is 18.4 Å². The number of halogens is 3. The second-order valence-corrected chi connectivity index (χ2v) is 7.60. The molecular formula is C26H18F3N3O4. The van der Waals surface area contributed by atoms with Crippen LogP contribution in [-0.2, 0) is 11.0 Å². The molecule has 0 heterocycles. The first-order chi connectivity index (χ1) is 17.0. The molecule has 0 saturated heterocycles. The van der Waals surface area contributed by atoms with Crippen molar-refractivity contribution in [3.8, 4) is 6.07 Å². The van der Waals surface area contributed by atoms with Gasteiger partial charge < -0.3 is 15.7 Å². The van der Waals surface area contributed by atoms with E-state index < -0.39 is 40.4 Å². The number of alkyl halides is 3. The number of nitrogens with one attached hydrogen (secondary N) is 2. The predicted molar refractivity (Wildman–Crippen MR) is 126 cm³/mol. The van der Waals surface area contributed by atoms with E-state index in [1.807, 2.05) is 6.92 Å². The van der Waals surface area contributed by atoms with Gasteiger partial charge in [0.2, 0.25) is 0 Å². The first-order valence-electron chi connectivity index (χ1n) is 10.3. The molecule has 0 radical (unpaired) electrons. The van der Waals surface area contributed by atoms with Crippen LogP contribution in [0.3, 0.4) is 0 Å². The van der Waals surface area contributed by atoms with E-state index in [1.54, 1.807) is 48.5 Å². The number of hydrogen-bond donors (Lipinski definition) is 3. The molecular weight excluding hydrogens is 475 g/mol. The fourth-order valence-electron chi connectivity index (χ4n) is 3.24. The summed E-state index contributed by atoms with van der Waals surface area (Å²) in [6, 6.07) is 17.2. The molecule has 2 amide bonds. The van der Waals surface area contributed by atoms with Gasteiger partial charge in [0, 0.05) is 11.3 Å². The number of hydrogen-bond acceptors (Lipinski definition) is 4. The third-order valence-corrected chi connectivity index (χ3v) is 4.97. The molecule has 0 bridgehead atoms. The molecule has 10 heteroatoms. The smallest absolute Gasteiger partial charge is 0.417 e. The molecule has 0 unspecified atom stereocenters. The molecule has 0 fully saturated rings. The fraction of sp³-hybridized carbons (Fsp3) is 0.0769. The van der Waals surface area contributed by atoms with Crippen LogP contribution in [0.25, 0.3) is 6.08 Å². The Morgan fingerprint density at radius 2 is 1.64 bits per heavy atom. The third kappa shape index (κ3) is 6.15. The number of aryl methyl sites for hydroxylation is 1. The summed E-state index contributed by atoms with van der Waals surface area (Å²) in [6.45, 7) is 1.88. The molecule has 3 N–H and O–H groups in total. The highest BCUT2D eigenvalue weighted by molar-refractivity contribution is 6.12. The van der Waals surface area contributed by atoms with Crippen molar-refractivity contribution in [1.29, 1.82) is 5.26 Å². The zero-order valence-corrected chi connectivity index (χ0v) is 18.7. The lowest BCUT2D eigenvalue weighted by molar-refractivity contribution is -0.138. The Morgan fingerprint density at radius 1 is 0.972 bits per heavy atom. The van der Waals surface area contributed by atoms with Crippen LogP contribution in [0, 0.1) is 18.3 Å². The highest BCUT2D eigenvalue weighted by atomic mass is 19.4. The van der Waals surface area contributed by atoms with E-state index >= 15 is 0 Å². The van der Waals surface area contributed by atoms with Crippen LogP contribution in [0.5, 0.6) is 0 Å². The fourth-order valence-corrected chi connectivity index (χ4v) is 3.24. The lowest BCUT2D eigenvalue weighted by atomic mass is 10.0. The number of carboxylic acids is 1. The summed E-state index contributed by atoms with van der Waals surface area (Å²) in [5.74, 6) is -3.37. The van der Waals surface area contributed by atoms with Crippen LogP contribution in [0.15, 0.2) is 72.3 Å². The lowest BCUT2D eigenvalue weighted by Gasteiger charge is -2.14. The van der Waals surface area contributed by atoms with Crippen molar-refractivity contribution in [2.45, 2.75) is 13.1 Å². The maximum Gasteiger partial charge on any atom is 0.417 e. The van der Waals surface area contributed by atoms with Gasteiger partial charge in [-0.25, -0.2) is 4.79 Å². The van der Waals surface area contributed by atoms with Gasteiger partial charge in [-0.15, -0.1) is 0 Å². The molecule has 3 aromatic rings. The maximum atomic E-state index is 13.2. The van der Waals surface area contributed by atoms with Crippen molar-refractivity contribution >= 4 is 35.2 Å². The Hall–Kier alpha value is -4.91. The summed E-state index contributed by atoms with van der Waals surface area (Å²) in [5, 5.41) is 23.5. The average Bonchev–Trinajstić information content (AvgIpc) is 2.82. The zero-order chi connectivity index (χ0) is 26.5. The van der Waals surface area contributed by atoms with E-state index in [-0.39, 0.29) is 5.91 Å². The number of aromatic carboxylic acids is 1. The topological polar surface area (TPSA) is 119 Å². The van der Waals surface area contributed by atoms with Crippen LogP contribution in [0.1, 0.15) is 37.4 Å².